The van der Waals surface area contributed by atoms with E-state index in [1.165, 1.54) is 23.9 Å². The average molecular weight is 451 g/mol. The summed E-state index contributed by atoms with van der Waals surface area (Å²) in [7, 11) is 0. The third kappa shape index (κ3) is 5.26. The molecule has 0 bridgehead atoms. The number of carbonyl (C=O) groups is 1. The van der Waals surface area contributed by atoms with Gasteiger partial charge in [-0.1, -0.05) is 42.1 Å². The van der Waals surface area contributed by atoms with E-state index in [2.05, 4.69) is 20.3 Å². The van der Waals surface area contributed by atoms with Gasteiger partial charge in [-0.3, -0.25) is 9.59 Å². The predicted molar refractivity (Wildman–Crippen MR) is 124 cm³/mol. The molecular formula is C24H23FN4O2S. The van der Waals surface area contributed by atoms with Gasteiger partial charge in [0.25, 0.3) is 5.56 Å². The second kappa shape index (κ2) is 9.82. The van der Waals surface area contributed by atoms with Crippen molar-refractivity contribution >= 4 is 28.6 Å². The van der Waals surface area contributed by atoms with Gasteiger partial charge in [0.2, 0.25) is 5.91 Å². The maximum atomic E-state index is 13.0. The molecule has 3 N–H and O–H groups in total. The molecule has 4 aromatic rings. The molecule has 0 radical (unpaired) electrons. The van der Waals surface area contributed by atoms with Crippen molar-refractivity contribution in [1.82, 2.24) is 20.3 Å². The molecule has 32 heavy (non-hydrogen) atoms. The number of nitrogens with zero attached hydrogens (tertiary/aromatic N) is 1. The minimum atomic E-state index is -0.314. The van der Waals surface area contributed by atoms with Crippen molar-refractivity contribution in [3.8, 4) is 0 Å². The van der Waals surface area contributed by atoms with Gasteiger partial charge >= 0.3 is 0 Å². The number of benzene rings is 2. The summed E-state index contributed by atoms with van der Waals surface area (Å²) in [6.07, 6.45) is 2.63. The van der Waals surface area contributed by atoms with E-state index < -0.39 is 0 Å². The quantitative estimate of drug-likeness (QED) is 0.281. The highest BCUT2D eigenvalue weighted by molar-refractivity contribution is 7.98. The van der Waals surface area contributed by atoms with Crippen LogP contribution in [-0.2, 0) is 23.4 Å². The van der Waals surface area contributed by atoms with Crippen molar-refractivity contribution in [3.05, 3.63) is 93.3 Å². The van der Waals surface area contributed by atoms with Crippen LogP contribution in [0, 0.1) is 12.7 Å². The summed E-state index contributed by atoms with van der Waals surface area (Å²) in [6, 6.07) is 14.2. The van der Waals surface area contributed by atoms with Gasteiger partial charge in [-0.25, -0.2) is 9.37 Å². The lowest BCUT2D eigenvalue weighted by Crippen LogP contribution is -2.30. The van der Waals surface area contributed by atoms with Crippen molar-refractivity contribution in [2.24, 2.45) is 0 Å². The van der Waals surface area contributed by atoms with Gasteiger partial charge in [-0.15, -0.1) is 0 Å². The zero-order chi connectivity index (χ0) is 22.5. The molecule has 6 nitrogen and oxygen atoms in total. The van der Waals surface area contributed by atoms with E-state index >= 15 is 0 Å². The molecule has 0 unspecified atom stereocenters. The van der Waals surface area contributed by atoms with Gasteiger partial charge in [0.05, 0.1) is 6.42 Å². The van der Waals surface area contributed by atoms with Gasteiger partial charge in [0.15, 0.2) is 5.16 Å². The fourth-order valence-corrected chi connectivity index (χ4v) is 4.35. The molecule has 164 valence electrons. The fourth-order valence-electron chi connectivity index (χ4n) is 3.49. The first-order valence-electron chi connectivity index (χ1n) is 10.3. The minimum absolute atomic E-state index is 0.0229. The number of aryl methyl sites for hydroxylation is 1. The van der Waals surface area contributed by atoms with E-state index in [1.54, 1.807) is 19.1 Å². The van der Waals surface area contributed by atoms with Crippen LogP contribution in [0.2, 0.25) is 0 Å². The lowest BCUT2D eigenvalue weighted by Gasteiger charge is -2.08. The molecule has 1 amide bonds. The number of hydrogen-bond acceptors (Lipinski definition) is 4. The van der Waals surface area contributed by atoms with Crippen LogP contribution in [0.25, 0.3) is 10.9 Å². The van der Waals surface area contributed by atoms with E-state index in [1.807, 2.05) is 30.5 Å². The van der Waals surface area contributed by atoms with E-state index in [-0.39, 0.29) is 23.7 Å². The number of hydrogen-bond donors (Lipinski definition) is 3. The predicted octanol–water partition coefficient (Wildman–Crippen LogP) is 3.89. The van der Waals surface area contributed by atoms with Gasteiger partial charge in [-0.05, 0) is 42.7 Å². The molecule has 0 atom stereocenters. The Labute approximate surface area is 188 Å². The zero-order valence-electron chi connectivity index (χ0n) is 17.6. The number of amides is 1. The summed E-state index contributed by atoms with van der Waals surface area (Å²) in [6.45, 7) is 2.21. The lowest BCUT2D eigenvalue weighted by atomic mass is 10.1. The Morgan fingerprint density at radius 1 is 1.16 bits per heavy atom. The van der Waals surface area contributed by atoms with Crippen molar-refractivity contribution in [2.45, 2.75) is 30.7 Å². The normalized spacial score (nSPS) is 11.1. The number of aromatic nitrogens is 3. The molecule has 0 aliphatic heterocycles. The van der Waals surface area contributed by atoms with E-state index in [0.29, 0.717) is 35.1 Å². The van der Waals surface area contributed by atoms with Crippen LogP contribution in [-0.4, -0.2) is 27.4 Å². The molecule has 2 heterocycles. The van der Waals surface area contributed by atoms with Crippen molar-refractivity contribution in [2.75, 3.05) is 6.54 Å². The highest BCUT2D eigenvalue weighted by Crippen LogP contribution is 2.20. The monoisotopic (exact) mass is 450 g/mol. The number of carbonyl (C=O) groups excluding carboxylic acids is 1. The molecule has 2 aromatic heterocycles. The van der Waals surface area contributed by atoms with Crippen molar-refractivity contribution in [3.63, 3.8) is 0 Å². The molecule has 4 rings (SSSR count). The lowest BCUT2D eigenvalue weighted by molar-refractivity contribution is -0.120. The van der Waals surface area contributed by atoms with Gasteiger partial charge < -0.3 is 15.3 Å². The minimum Gasteiger partial charge on any atom is -0.361 e. The summed E-state index contributed by atoms with van der Waals surface area (Å²) >= 11 is 1.36. The van der Waals surface area contributed by atoms with Crippen LogP contribution in [0.15, 0.2) is 64.7 Å². The van der Waals surface area contributed by atoms with Crippen LogP contribution in [0.1, 0.15) is 22.4 Å². The molecule has 0 aliphatic rings. The summed E-state index contributed by atoms with van der Waals surface area (Å²) in [5.74, 6) is 0.0493. The molecule has 2 aromatic carbocycles. The number of para-hydroxylation sites is 1. The first kappa shape index (κ1) is 21.8. The number of halogens is 1. The smallest absolute Gasteiger partial charge is 0.255 e. The van der Waals surface area contributed by atoms with Gasteiger partial charge in [-0.2, -0.15) is 0 Å². The average Bonchev–Trinajstić information content (AvgIpc) is 3.19. The second-order valence-electron chi connectivity index (χ2n) is 7.49. The van der Waals surface area contributed by atoms with Crippen LogP contribution >= 0.6 is 11.8 Å². The number of aromatic amines is 2. The number of rotatable bonds is 8. The fraction of sp³-hybridized carbons (Fsp3) is 0.208. The maximum Gasteiger partial charge on any atom is 0.255 e. The van der Waals surface area contributed by atoms with Crippen LogP contribution in [0.4, 0.5) is 4.39 Å². The van der Waals surface area contributed by atoms with Crippen LogP contribution in [0.5, 0.6) is 0 Å². The molecular weight excluding hydrogens is 427 g/mol. The zero-order valence-corrected chi connectivity index (χ0v) is 18.4. The molecule has 0 fully saturated rings. The molecule has 0 aliphatic carbocycles. The standard InChI is InChI=1S/C24H23FN4O2S/c1-15-20(23(31)29-24(28-15)32-14-16-6-8-18(25)9-7-16)12-22(30)26-11-10-17-13-27-21-5-3-2-4-19(17)21/h2-9,13,27H,10-12,14H2,1H3,(H,26,30)(H,28,29,31). The Morgan fingerprint density at radius 3 is 2.72 bits per heavy atom. The molecule has 0 saturated heterocycles. The largest absolute Gasteiger partial charge is 0.361 e. The van der Waals surface area contributed by atoms with E-state index in [0.717, 1.165) is 22.0 Å². The first-order valence-corrected chi connectivity index (χ1v) is 11.3. The topological polar surface area (TPSA) is 90.6 Å². The molecule has 0 spiro atoms. The van der Waals surface area contributed by atoms with E-state index in [4.69, 9.17) is 0 Å². The molecule has 8 heteroatoms. The maximum absolute atomic E-state index is 13.0. The van der Waals surface area contributed by atoms with Crippen molar-refractivity contribution in [1.29, 1.82) is 0 Å². The third-order valence-corrected chi connectivity index (χ3v) is 6.16. The van der Waals surface area contributed by atoms with Gasteiger partial charge in [0.1, 0.15) is 5.82 Å². The molecule has 0 saturated carbocycles. The Balaban J connectivity index is 1.32. The van der Waals surface area contributed by atoms with Crippen molar-refractivity contribution < 1.29 is 9.18 Å². The third-order valence-electron chi connectivity index (χ3n) is 5.22. The Hall–Kier alpha value is -3.39. The number of H-pyrrole nitrogens is 2. The van der Waals surface area contributed by atoms with E-state index in [9.17, 15) is 14.0 Å². The SMILES string of the molecule is Cc1nc(SCc2ccc(F)cc2)[nH]c(=O)c1CC(=O)NCCc1c[nH]c2ccccc12. The number of nitrogens with one attached hydrogen (secondary N) is 3. The second-order valence-corrected chi connectivity index (χ2v) is 8.45. The highest BCUT2D eigenvalue weighted by atomic mass is 32.2. The first-order chi connectivity index (χ1) is 15.5. The number of fused-ring (bicyclic) bond motifs is 1. The number of thioether (sulfide) groups is 1. The van der Waals surface area contributed by atoms with Gasteiger partial charge in [0, 0.05) is 40.7 Å². The Bertz CT molecular complexity index is 1300. The summed E-state index contributed by atoms with van der Waals surface area (Å²) in [4.78, 5) is 35.3. The Kier molecular flexibility index (Phi) is 6.70. The van der Waals surface area contributed by atoms with Crippen LogP contribution in [0.3, 0.4) is 0 Å². The Morgan fingerprint density at radius 2 is 1.94 bits per heavy atom. The highest BCUT2D eigenvalue weighted by Gasteiger charge is 2.13. The summed E-state index contributed by atoms with van der Waals surface area (Å²) < 4.78 is 13.0. The summed E-state index contributed by atoms with van der Waals surface area (Å²) in [5.41, 5.74) is 3.71. The van der Waals surface area contributed by atoms with Crippen LogP contribution < -0.4 is 10.9 Å². The summed E-state index contributed by atoms with van der Waals surface area (Å²) in [5, 5.41) is 4.50.